The monoisotopic (exact) mass is 351 g/mol. The third kappa shape index (κ3) is 2.81. The van der Waals surface area contributed by atoms with Crippen LogP contribution in [-0.2, 0) is 4.79 Å². The quantitative estimate of drug-likeness (QED) is 0.675. The van der Waals surface area contributed by atoms with Crippen molar-refractivity contribution in [1.29, 1.82) is 0 Å². The van der Waals surface area contributed by atoms with Crippen molar-refractivity contribution in [3.05, 3.63) is 0 Å². The first-order chi connectivity index (χ1) is 11.2. The molecule has 0 aromatic carbocycles. The molecule has 1 N–H and O–H groups in total. The van der Waals surface area contributed by atoms with Crippen LogP contribution in [0.1, 0.15) is 91.4 Å². The Balaban J connectivity index is 1.55. The maximum Gasteiger partial charge on any atom is 0.238 e. The van der Waals surface area contributed by atoms with Crippen molar-refractivity contribution in [2.45, 2.75) is 103 Å². The second-order valence-electron chi connectivity index (χ2n) is 11.1. The van der Waals surface area contributed by atoms with Gasteiger partial charge in [0.05, 0.1) is 0 Å². The van der Waals surface area contributed by atoms with Crippen LogP contribution in [0, 0.1) is 21.7 Å². The van der Waals surface area contributed by atoms with E-state index >= 15 is 0 Å². The first kappa shape index (κ1) is 17.2. The second-order valence-corrected chi connectivity index (χ2v) is 11.5. The molecular weight excluding hydrogens is 318 g/mol. The van der Waals surface area contributed by atoms with E-state index in [1.54, 1.807) is 0 Å². The van der Waals surface area contributed by atoms with Crippen LogP contribution >= 0.6 is 11.6 Å². The number of hydrogen-bond donors (Lipinski definition) is 1. The lowest BCUT2D eigenvalue weighted by atomic mass is 9.36. The number of carbonyl (C=O) groups excluding carboxylic acids is 1. The molecular formula is C21H34ClNO. The summed E-state index contributed by atoms with van der Waals surface area (Å²) < 4.78 is 0. The minimum absolute atomic E-state index is 0.0211. The number of amides is 1. The van der Waals surface area contributed by atoms with E-state index in [1.807, 2.05) is 0 Å². The molecule has 1 unspecified atom stereocenters. The van der Waals surface area contributed by atoms with Crippen LogP contribution in [0.5, 0.6) is 0 Å². The smallest absolute Gasteiger partial charge is 0.238 e. The minimum atomic E-state index is -0.349. The Morgan fingerprint density at radius 1 is 0.875 bits per heavy atom. The Hall–Kier alpha value is -0.240. The number of halogens is 1. The third-order valence-electron chi connectivity index (χ3n) is 7.62. The zero-order valence-corrected chi connectivity index (χ0v) is 16.5. The number of alkyl halides is 1. The fourth-order valence-electron chi connectivity index (χ4n) is 8.46. The first-order valence-electron chi connectivity index (χ1n) is 10.1. The van der Waals surface area contributed by atoms with Gasteiger partial charge >= 0.3 is 0 Å². The van der Waals surface area contributed by atoms with Crippen LogP contribution in [0.4, 0.5) is 0 Å². The largest absolute Gasteiger partial charge is 0.352 e. The van der Waals surface area contributed by atoms with Crippen LogP contribution in [0.2, 0.25) is 0 Å². The van der Waals surface area contributed by atoms with E-state index in [-0.39, 0.29) is 16.7 Å². The van der Waals surface area contributed by atoms with Gasteiger partial charge in [0, 0.05) is 6.04 Å². The topological polar surface area (TPSA) is 29.1 Å². The Morgan fingerprint density at radius 2 is 1.33 bits per heavy atom. The molecule has 0 heterocycles. The molecule has 5 aliphatic carbocycles. The summed E-state index contributed by atoms with van der Waals surface area (Å²) in [5, 5.41) is 2.96. The highest BCUT2D eigenvalue weighted by atomic mass is 35.5. The number of rotatable bonds is 3. The number of nitrogens with one attached hydrogen (secondary N) is 1. The first-order valence-corrected chi connectivity index (χ1v) is 10.5. The van der Waals surface area contributed by atoms with Crippen molar-refractivity contribution in [3.63, 3.8) is 0 Å². The summed E-state index contributed by atoms with van der Waals surface area (Å²) in [7, 11) is 0. The molecule has 136 valence electrons. The summed E-state index contributed by atoms with van der Waals surface area (Å²) in [6.07, 6.45) is 13.5. The van der Waals surface area contributed by atoms with E-state index < -0.39 is 0 Å². The van der Waals surface area contributed by atoms with Gasteiger partial charge in [0.25, 0.3) is 0 Å². The summed E-state index contributed by atoms with van der Waals surface area (Å²) in [5.41, 5.74) is 1.18. The molecule has 1 atom stereocenters. The summed E-state index contributed by atoms with van der Waals surface area (Å²) >= 11 is 6.95. The highest BCUT2D eigenvalue weighted by molar-refractivity contribution is 6.31. The van der Waals surface area contributed by atoms with E-state index in [1.165, 1.54) is 38.5 Å². The Bertz CT molecular complexity index is 484. The average molecular weight is 352 g/mol. The number of carbonyl (C=O) groups is 1. The van der Waals surface area contributed by atoms with Crippen LogP contribution in [0.3, 0.4) is 0 Å². The highest BCUT2D eigenvalue weighted by Gasteiger charge is 2.66. The van der Waals surface area contributed by atoms with Crippen molar-refractivity contribution in [3.8, 4) is 0 Å². The molecule has 4 bridgehead atoms. The summed E-state index contributed by atoms with van der Waals surface area (Å²) in [6.45, 7) is 7.37. The molecule has 0 radical (unpaired) electrons. The van der Waals surface area contributed by atoms with Gasteiger partial charge in [-0.15, -0.1) is 11.6 Å². The summed E-state index contributed by atoms with van der Waals surface area (Å²) in [6, 6.07) is 0.364. The minimum Gasteiger partial charge on any atom is -0.352 e. The normalized spacial score (nSPS) is 49.2. The molecule has 2 nitrogen and oxygen atoms in total. The zero-order valence-electron chi connectivity index (χ0n) is 15.7. The van der Waals surface area contributed by atoms with Crippen molar-refractivity contribution in [2.75, 3.05) is 0 Å². The Morgan fingerprint density at radius 3 is 1.79 bits per heavy atom. The van der Waals surface area contributed by atoms with Gasteiger partial charge < -0.3 is 5.32 Å². The van der Waals surface area contributed by atoms with Crippen LogP contribution in [0.25, 0.3) is 0 Å². The molecule has 0 aliphatic heterocycles. The maximum absolute atomic E-state index is 13.0. The summed E-state index contributed by atoms with van der Waals surface area (Å²) in [5.74, 6) is 0.126. The zero-order chi connectivity index (χ0) is 17.2. The molecule has 0 spiro atoms. The van der Waals surface area contributed by atoms with E-state index in [0.717, 1.165) is 32.1 Å². The Kier molecular flexibility index (Phi) is 3.85. The summed E-state index contributed by atoms with van der Waals surface area (Å²) in [4.78, 5) is 13.0. The lowest BCUT2D eigenvalue weighted by molar-refractivity contribution is -0.185. The van der Waals surface area contributed by atoms with Gasteiger partial charge in [-0.05, 0) is 73.0 Å². The SMILES string of the molecule is CC12CC3(C)CC(C)(C1)CC(C(Cl)C(=O)NC1CCCCC1)(C2)C3. The third-order valence-corrected chi connectivity index (χ3v) is 8.28. The van der Waals surface area contributed by atoms with Crippen molar-refractivity contribution >= 4 is 17.5 Å². The average Bonchev–Trinajstić information content (AvgIpc) is 2.42. The Labute approximate surface area is 152 Å². The van der Waals surface area contributed by atoms with Gasteiger partial charge in [0.1, 0.15) is 5.38 Å². The van der Waals surface area contributed by atoms with Crippen molar-refractivity contribution in [2.24, 2.45) is 21.7 Å². The van der Waals surface area contributed by atoms with Crippen molar-refractivity contribution in [1.82, 2.24) is 5.32 Å². The number of hydrogen-bond acceptors (Lipinski definition) is 1. The molecule has 1 amide bonds. The van der Waals surface area contributed by atoms with Gasteiger partial charge in [-0.3, -0.25) is 4.79 Å². The molecule has 0 aromatic heterocycles. The van der Waals surface area contributed by atoms with Crippen LogP contribution < -0.4 is 5.32 Å². The van der Waals surface area contributed by atoms with Crippen LogP contribution in [0.15, 0.2) is 0 Å². The molecule has 3 heteroatoms. The second kappa shape index (κ2) is 5.38. The highest BCUT2D eigenvalue weighted by Crippen LogP contribution is 2.74. The molecule has 5 fully saturated rings. The molecule has 5 aliphatic rings. The lowest BCUT2D eigenvalue weighted by Crippen LogP contribution is -2.63. The lowest BCUT2D eigenvalue weighted by Gasteiger charge is -2.69. The van der Waals surface area contributed by atoms with E-state index in [4.69, 9.17) is 11.6 Å². The molecule has 24 heavy (non-hydrogen) atoms. The van der Waals surface area contributed by atoms with Crippen LogP contribution in [-0.4, -0.2) is 17.3 Å². The predicted molar refractivity (Wildman–Crippen MR) is 99.1 cm³/mol. The molecule has 5 rings (SSSR count). The van der Waals surface area contributed by atoms with Gasteiger partial charge in [-0.1, -0.05) is 40.0 Å². The van der Waals surface area contributed by atoms with Gasteiger partial charge in [0.15, 0.2) is 0 Å². The fraction of sp³-hybridized carbons (Fsp3) is 0.952. The molecule has 0 saturated heterocycles. The van der Waals surface area contributed by atoms with Gasteiger partial charge in [-0.2, -0.15) is 0 Å². The predicted octanol–water partition coefficient (Wildman–Crippen LogP) is 5.43. The standard InChI is InChI=1S/C21H34ClNO/c1-18-9-19(2)11-20(3,10-18)14-21(12-18,13-19)16(22)17(24)23-15-7-5-4-6-8-15/h15-16H,4-14H2,1-3H3,(H,23,24). The van der Waals surface area contributed by atoms with E-state index in [2.05, 4.69) is 26.1 Å². The molecule has 0 aromatic rings. The van der Waals surface area contributed by atoms with E-state index in [0.29, 0.717) is 22.3 Å². The van der Waals surface area contributed by atoms with Gasteiger partial charge in [-0.25, -0.2) is 0 Å². The van der Waals surface area contributed by atoms with E-state index in [9.17, 15) is 4.79 Å². The van der Waals surface area contributed by atoms with Gasteiger partial charge in [0.2, 0.25) is 5.91 Å². The maximum atomic E-state index is 13.0. The fourth-order valence-corrected chi connectivity index (χ4v) is 8.75. The molecule has 5 saturated carbocycles. The van der Waals surface area contributed by atoms with Crippen molar-refractivity contribution < 1.29 is 4.79 Å².